The number of phosphoric acid groups is 2. The summed E-state index contributed by atoms with van der Waals surface area (Å²) in [6.07, 6.45) is 48.6. The molecule has 2 amide bonds. The van der Waals surface area contributed by atoms with Gasteiger partial charge in [-0.3, -0.25) is 46.9 Å². The molecule has 0 radical (unpaired) electrons. The largest absolute Gasteiger partial charge is 0.472 e. The highest BCUT2D eigenvalue weighted by Gasteiger charge is 2.28. The minimum absolute atomic E-state index is 0.0880. The lowest BCUT2D eigenvalue weighted by atomic mass is 10.1. The summed E-state index contributed by atoms with van der Waals surface area (Å²) in [6, 6.07) is 0. The van der Waals surface area contributed by atoms with Crippen LogP contribution in [0, 0.1) is 0 Å². The minimum atomic E-state index is -4.67. The molecule has 4 N–H and O–H groups in total. The average Bonchev–Trinajstić information content (AvgIpc) is 1.42. The van der Waals surface area contributed by atoms with Crippen LogP contribution in [-0.4, -0.2) is 122 Å². The second-order valence-electron chi connectivity index (χ2n) is 25.7. The van der Waals surface area contributed by atoms with Crippen LogP contribution in [0.5, 0.6) is 0 Å². The van der Waals surface area contributed by atoms with Crippen LogP contribution in [0.2, 0.25) is 0 Å². The normalized spacial score (nSPS) is 13.4. The molecule has 0 aromatic heterocycles. The summed E-state index contributed by atoms with van der Waals surface area (Å²) in [5, 5.41) is 5.21. The van der Waals surface area contributed by atoms with E-state index in [-0.39, 0.29) is 89.9 Å². The van der Waals surface area contributed by atoms with E-state index >= 15 is 0 Å². The van der Waals surface area contributed by atoms with E-state index in [1.54, 1.807) is 0 Å². The number of rotatable bonds is 74. The molecule has 0 rings (SSSR count). The monoisotopic (exact) mass is 1410 g/mol. The number of carbonyl (C=O) groups excluding carboxylic acids is 6. The molecule has 2 unspecified atom stereocenters. The predicted molar refractivity (Wildman–Crippen MR) is 382 cm³/mol. The summed E-state index contributed by atoms with van der Waals surface area (Å²) >= 11 is 1.35. The van der Waals surface area contributed by atoms with E-state index in [1.165, 1.54) is 192 Å². The van der Waals surface area contributed by atoms with E-state index in [4.69, 9.17) is 37.0 Å². The second-order valence-corrected chi connectivity index (χ2v) is 29.9. The van der Waals surface area contributed by atoms with Gasteiger partial charge in [-0.15, -0.1) is 0 Å². The van der Waals surface area contributed by atoms with Gasteiger partial charge in [0.1, 0.15) is 13.2 Å². The number of hydrogen-bond acceptors (Lipinski definition) is 17. The molecule has 0 aromatic rings. The topological polar surface area (TPSA) is 275 Å². The molecule has 0 fully saturated rings. The van der Waals surface area contributed by atoms with Gasteiger partial charge in [0.15, 0.2) is 12.2 Å². The third-order valence-electron chi connectivity index (χ3n) is 16.5. The van der Waals surface area contributed by atoms with E-state index in [2.05, 4.69) is 38.3 Å². The molecular weight excluding hydrogens is 1270 g/mol. The minimum Gasteiger partial charge on any atom is -0.462 e. The molecule has 0 aliphatic carbocycles. The molecule has 560 valence electrons. The van der Waals surface area contributed by atoms with Gasteiger partial charge in [0.2, 0.25) is 11.8 Å². The summed E-state index contributed by atoms with van der Waals surface area (Å²) in [4.78, 5) is 96.9. The SMILES string of the molecule is CCCCCCCCCCCCCC(=O)OC[C@H](COP(=O)(O)OCCNC(=O)CCSCCC(=O)NCCOP(=O)(O)OC[C@@H](COC(=O)CCCCCCCCCCCCC)OC(=O)CCCCCCCCCCCCC)OC(=O)CCCCCCCCCCCCC. The van der Waals surface area contributed by atoms with Crippen LogP contribution in [0.3, 0.4) is 0 Å². The zero-order valence-corrected chi connectivity index (χ0v) is 62.9. The summed E-state index contributed by atoms with van der Waals surface area (Å²) in [5.74, 6) is -1.91. The van der Waals surface area contributed by atoms with Crippen molar-refractivity contribution < 1.29 is 84.7 Å². The Balaban J connectivity index is 4.80. The van der Waals surface area contributed by atoms with Gasteiger partial charge >= 0.3 is 39.5 Å². The van der Waals surface area contributed by atoms with Gasteiger partial charge in [-0.2, -0.15) is 11.8 Å². The highest BCUT2D eigenvalue weighted by atomic mass is 32.2. The van der Waals surface area contributed by atoms with Crippen molar-refractivity contribution in [1.82, 2.24) is 10.6 Å². The van der Waals surface area contributed by atoms with Crippen LogP contribution < -0.4 is 10.6 Å². The van der Waals surface area contributed by atoms with Crippen LogP contribution >= 0.6 is 27.4 Å². The Morgan fingerprint density at radius 2 is 0.547 bits per heavy atom. The van der Waals surface area contributed by atoms with Crippen molar-refractivity contribution in [2.75, 3.05) is 64.2 Å². The molecule has 4 atom stereocenters. The molecule has 0 aliphatic rings. The molecular formula is C72H138N2O18P2S. The fourth-order valence-corrected chi connectivity index (χ4v) is 13.1. The van der Waals surface area contributed by atoms with E-state index < -0.39 is 64.9 Å². The molecule has 23 heteroatoms. The molecule has 0 heterocycles. The summed E-state index contributed by atoms with van der Waals surface area (Å²) in [6.45, 7) is 6.13. The molecule has 20 nitrogen and oxygen atoms in total. The summed E-state index contributed by atoms with van der Waals surface area (Å²) in [5.41, 5.74) is 0. The number of esters is 4. The van der Waals surface area contributed by atoms with Crippen LogP contribution in [0.15, 0.2) is 0 Å². The number of phosphoric ester groups is 2. The number of unbranched alkanes of at least 4 members (excludes halogenated alkanes) is 40. The van der Waals surface area contributed by atoms with E-state index in [9.17, 15) is 47.7 Å². The highest BCUT2D eigenvalue weighted by molar-refractivity contribution is 7.99. The molecule has 0 aromatic carbocycles. The first-order valence-electron chi connectivity index (χ1n) is 38.1. The molecule has 95 heavy (non-hydrogen) atoms. The third-order valence-corrected chi connectivity index (χ3v) is 19.5. The maximum absolute atomic E-state index is 12.9. The number of amides is 2. The Morgan fingerprint density at radius 3 is 0.800 bits per heavy atom. The Morgan fingerprint density at radius 1 is 0.316 bits per heavy atom. The number of hydrogen-bond donors (Lipinski definition) is 4. The van der Waals surface area contributed by atoms with Gasteiger partial charge in [-0.1, -0.05) is 285 Å². The van der Waals surface area contributed by atoms with Crippen molar-refractivity contribution in [2.24, 2.45) is 0 Å². The van der Waals surface area contributed by atoms with Gasteiger partial charge in [0, 0.05) is 63.1 Å². The number of carbonyl (C=O) groups is 6. The van der Waals surface area contributed by atoms with Crippen LogP contribution in [0.1, 0.15) is 349 Å². The van der Waals surface area contributed by atoms with Gasteiger partial charge in [0.25, 0.3) is 0 Å². The fourth-order valence-electron chi connectivity index (χ4n) is 10.7. The van der Waals surface area contributed by atoms with E-state index in [1.807, 2.05) is 0 Å². The van der Waals surface area contributed by atoms with Gasteiger partial charge < -0.3 is 39.4 Å². The first-order chi connectivity index (χ1) is 46.1. The smallest absolute Gasteiger partial charge is 0.462 e. The third kappa shape index (κ3) is 68.3. The van der Waals surface area contributed by atoms with E-state index in [0.717, 1.165) is 77.0 Å². The van der Waals surface area contributed by atoms with Crippen LogP contribution in [-0.2, 0) is 74.9 Å². The lowest BCUT2D eigenvalue weighted by Crippen LogP contribution is -2.30. The maximum atomic E-state index is 12.9. The van der Waals surface area contributed by atoms with Crippen LogP contribution in [0.25, 0.3) is 0 Å². The van der Waals surface area contributed by atoms with Crippen molar-refractivity contribution in [3.63, 3.8) is 0 Å². The zero-order chi connectivity index (χ0) is 69.8. The number of thioether (sulfide) groups is 1. The maximum Gasteiger partial charge on any atom is 0.472 e. The first-order valence-corrected chi connectivity index (χ1v) is 42.3. The first kappa shape index (κ1) is 92.4. The number of nitrogens with one attached hydrogen (secondary N) is 2. The number of ether oxygens (including phenoxy) is 4. The quantitative estimate of drug-likeness (QED) is 0.0191. The Labute approximate surface area is 580 Å². The molecule has 0 bridgehead atoms. The Kier molecular flexibility index (Phi) is 66.6. The average molecular weight is 1410 g/mol. The zero-order valence-electron chi connectivity index (χ0n) is 60.3. The Hall–Kier alpha value is -2.61. The molecule has 0 spiro atoms. The van der Waals surface area contributed by atoms with Crippen molar-refractivity contribution in [1.29, 1.82) is 0 Å². The van der Waals surface area contributed by atoms with Crippen molar-refractivity contribution in [2.45, 2.75) is 361 Å². The van der Waals surface area contributed by atoms with Gasteiger partial charge in [-0.25, -0.2) is 9.13 Å². The fraction of sp³-hybridized carbons (Fsp3) is 0.917. The summed E-state index contributed by atoms with van der Waals surface area (Å²) < 4.78 is 68.2. The lowest BCUT2D eigenvalue weighted by Gasteiger charge is -2.20. The van der Waals surface area contributed by atoms with E-state index in [0.29, 0.717) is 37.2 Å². The molecule has 0 saturated carbocycles. The standard InChI is InChI=1S/C72H138N2O18P2S/c1-5-9-13-17-21-25-29-33-37-41-45-49-69(77)85-61-65(91-71(79)51-47-43-39-35-31-27-23-19-15-11-7-3)63-89-93(81,82)87-57-55-73-67(75)53-59-95-60-54-68(76)74-56-58-88-94(83,84)90-64-66(92-72(80)52-48-44-40-36-32-28-24-20-16-12-8-4)62-86-70(78)50-46-42-38-34-30-26-22-18-14-10-6-2/h65-66H,5-64H2,1-4H3,(H,73,75)(H,74,76)(H,81,82)(H,83,84)/t65-,66-/m1/s1. The lowest BCUT2D eigenvalue weighted by molar-refractivity contribution is -0.161. The summed E-state index contributed by atoms with van der Waals surface area (Å²) in [7, 11) is -9.35. The van der Waals surface area contributed by atoms with Crippen molar-refractivity contribution in [3.05, 3.63) is 0 Å². The van der Waals surface area contributed by atoms with Gasteiger partial charge in [-0.05, 0) is 25.7 Å². The van der Waals surface area contributed by atoms with Crippen molar-refractivity contribution >= 4 is 63.1 Å². The highest BCUT2D eigenvalue weighted by Crippen LogP contribution is 2.44. The Bertz CT molecular complexity index is 1810. The second kappa shape index (κ2) is 68.5. The molecule has 0 saturated heterocycles. The van der Waals surface area contributed by atoms with Gasteiger partial charge in [0.05, 0.1) is 26.4 Å². The van der Waals surface area contributed by atoms with Crippen LogP contribution in [0.4, 0.5) is 0 Å². The van der Waals surface area contributed by atoms with Crippen molar-refractivity contribution in [3.8, 4) is 0 Å². The molecule has 0 aliphatic heterocycles. The predicted octanol–water partition coefficient (Wildman–Crippen LogP) is 18.7.